The minimum atomic E-state index is -3.87. The summed E-state index contributed by atoms with van der Waals surface area (Å²) < 4.78 is 32.6. The Morgan fingerprint density at radius 1 is 1.13 bits per heavy atom. The smallest absolute Gasteiger partial charge is 0.253 e. The highest BCUT2D eigenvalue weighted by Crippen LogP contribution is 2.37. The van der Waals surface area contributed by atoms with Gasteiger partial charge >= 0.3 is 0 Å². The molecule has 1 fully saturated rings. The number of carbonyl (C=O) groups excluding carboxylic acids is 1. The fourth-order valence-corrected chi connectivity index (χ4v) is 6.92. The molecule has 2 heterocycles. The van der Waals surface area contributed by atoms with Crippen molar-refractivity contribution in [1.29, 1.82) is 0 Å². The molecule has 0 spiro atoms. The highest BCUT2D eigenvalue weighted by atomic mass is 35.5. The van der Waals surface area contributed by atoms with Crippen molar-refractivity contribution >= 4 is 50.9 Å². The molecular weight excluding hydrogens is 467 g/mol. The van der Waals surface area contributed by atoms with Gasteiger partial charge in [-0.3, -0.25) is 4.79 Å². The van der Waals surface area contributed by atoms with Crippen LogP contribution >= 0.6 is 35.0 Å². The molecule has 30 heavy (non-hydrogen) atoms. The lowest BCUT2D eigenvalue weighted by molar-refractivity contribution is 0.0730. The van der Waals surface area contributed by atoms with Crippen LogP contribution < -0.4 is 5.32 Å². The van der Waals surface area contributed by atoms with E-state index in [4.69, 9.17) is 27.9 Å². The lowest BCUT2D eigenvalue weighted by atomic mass is 10.0. The Bertz CT molecular complexity index is 1070. The number of sulfonamides is 1. The largest absolute Gasteiger partial charge is 0.379 e. The van der Waals surface area contributed by atoms with E-state index in [1.54, 1.807) is 11.8 Å². The van der Waals surface area contributed by atoms with Gasteiger partial charge < -0.3 is 10.1 Å². The van der Waals surface area contributed by atoms with E-state index in [0.717, 1.165) is 22.6 Å². The Morgan fingerprint density at radius 3 is 2.63 bits per heavy atom. The van der Waals surface area contributed by atoms with Gasteiger partial charge in [0.05, 0.1) is 34.9 Å². The lowest BCUT2D eigenvalue weighted by Crippen LogP contribution is -2.40. The van der Waals surface area contributed by atoms with Crippen molar-refractivity contribution in [2.24, 2.45) is 0 Å². The highest BCUT2D eigenvalue weighted by Gasteiger charge is 2.31. The minimum absolute atomic E-state index is 0.0116. The van der Waals surface area contributed by atoms with E-state index < -0.39 is 15.9 Å². The van der Waals surface area contributed by atoms with E-state index in [2.05, 4.69) is 5.32 Å². The monoisotopic (exact) mass is 486 g/mol. The predicted molar refractivity (Wildman–Crippen MR) is 118 cm³/mol. The number of hydrogen-bond donors (Lipinski definition) is 1. The van der Waals surface area contributed by atoms with Crippen LogP contribution in [0.2, 0.25) is 10.0 Å². The number of nitrogens with one attached hydrogen (secondary N) is 1. The summed E-state index contributed by atoms with van der Waals surface area (Å²) in [7, 11) is -3.87. The number of thioether (sulfide) groups is 1. The Balaban J connectivity index is 1.63. The molecule has 0 saturated carbocycles. The maximum Gasteiger partial charge on any atom is 0.253 e. The number of morpholine rings is 1. The normalized spacial score (nSPS) is 19.9. The van der Waals surface area contributed by atoms with Gasteiger partial charge in [-0.15, -0.1) is 11.8 Å². The van der Waals surface area contributed by atoms with Crippen molar-refractivity contribution < 1.29 is 17.9 Å². The summed E-state index contributed by atoms with van der Waals surface area (Å²) in [5.74, 6) is 0.453. The summed E-state index contributed by atoms with van der Waals surface area (Å²) in [4.78, 5) is 14.0. The van der Waals surface area contributed by atoms with Crippen molar-refractivity contribution in [2.75, 3.05) is 32.1 Å². The summed E-state index contributed by atoms with van der Waals surface area (Å²) in [6, 6.07) is 10.3. The van der Waals surface area contributed by atoms with Gasteiger partial charge in [-0.05, 0) is 30.2 Å². The molecule has 1 N–H and O–H groups in total. The van der Waals surface area contributed by atoms with E-state index >= 15 is 0 Å². The maximum atomic E-state index is 13.1. The number of ether oxygens (including phenoxy) is 1. The maximum absolute atomic E-state index is 13.1. The first-order chi connectivity index (χ1) is 14.4. The van der Waals surface area contributed by atoms with Crippen molar-refractivity contribution in [2.45, 2.75) is 22.3 Å². The van der Waals surface area contributed by atoms with Crippen LogP contribution in [0.15, 0.2) is 46.2 Å². The molecular formula is C20H20Cl2N2O4S2. The number of benzene rings is 2. The second kappa shape index (κ2) is 9.06. The molecule has 1 atom stereocenters. The Morgan fingerprint density at radius 2 is 1.87 bits per heavy atom. The molecule has 2 aliphatic heterocycles. The van der Waals surface area contributed by atoms with Gasteiger partial charge in [0, 0.05) is 23.7 Å². The highest BCUT2D eigenvalue weighted by molar-refractivity contribution is 7.99. The van der Waals surface area contributed by atoms with Crippen LogP contribution in [0, 0.1) is 0 Å². The van der Waals surface area contributed by atoms with Crippen LogP contribution in [0.4, 0.5) is 0 Å². The van der Waals surface area contributed by atoms with E-state index in [-0.39, 0.29) is 39.6 Å². The quantitative estimate of drug-likeness (QED) is 0.706. The summed E-state index contributed by atoms with van der Waals surface area (Å²) in [6.45, 7) is 1.10. The van der Waals surface area contributed by atoms with Crippen LogP contribution in [0.5, 0.6) is 0 Å². The molecule has 0 aliphatic carbocycles. The first-order valence-electron chi connectivity index (χ1n) is 9.47. The third-order valence-electron chi connectivity index (χ3n) is 5.12. The van der Waals surface area contributed by atoms with Crippen LogP contribution in [0.3, 0.4) is 0 Å². The zero-order valence-electron chi connectivity index (χ0n) is 15.9. The van der Waals surface area contributed by atoms with Crippen LogP contribution in [0.1, 0.15) is 28.4 Å². The summed E-state index contributed by atoms with van der Waals surface area (Å²) >= 11 is 14.2. The molecule has 2 aromatic carbocycles. The van der Waals surface area contributed by atoms with E-state index in [9.17, 15) is 13.2 Å². The van der Waals surface area contributed by atoms with Gasteiger partial charge in [0.1, 0.15) is 4.90 Å². The van der Waals surface area contributed by atoms with Crippen LogP contribution in [-0.2, 0) is 14.8 Å². The van der Waals surface area contributed by atoms with Gasteiger partial charge in [-0.1, -0.05) is 41.4 Å². The third kappa shape index (κ3) is 4.35. The number of rotatable bonds is 4. The molecule has 2 aromatic rings. The number of nitrogens with zero attached hydrogens (tertiary/aromatic N) is 1. The fraction of sp³-hybridized carbons (Fsp3) is 0.350. The molecule has 1 saturated heterocycles. The zero-order valence-corrected chi connectivity index (χ0v) is 19.1. The van der Waals surface area contributed by atoms with E-state index in [0.29, 0.717) is 13.2 Å². The minimum Gasteiger partial charge on any atom is -0.379 e. The number of amides is 1. The predicted octanol–water partition coefficient (Wildman–Crippen LogP) is 3.98. The SMILES string of the molecule is O=C(N[C@@H]1CCSc2ccccc21)c1cc(S(=O)(=O)N2CCOCC2)c(Cl)cc1Cl. The molecule has 6 nitrogen and oxygen atoms in total. The molecule has 10 heteroatoms. The van der Waals surface area contributed by atoms with Crippen LogP contribution in [0.25, 0.3) is 0 Å². The zero-order chi connectivity index (χ0) is 21.3. The van der Waals surface area contributed by atoms with Crippen molar-refractivity contribution in [3.05, 3.63) is 57.6 Å². The average molecular weight is 487 g/mol. The number of fused-ring (bicyclic) bond motifs is 1. The second-order valence-corrected chi connectivity index (χ2v) is 10.8. The summed E-state index contributed by atoms with van der Waals surface area (Å²) in [5.41, 5.74) is 1.14. The second-order valence-electron chi connectivity index (χ2n) is 6.98. The van der Waals surface area contributed by atoms with Crippen molar-refractivity contribution in [1.82, 2.24) is 9.62 Å². The Kier molecular flexibility index (Phi) is 6.62. The molecule has 160 valence electrons. The lowest BCUT2D eigenvalue weighted by Gasteiger charge is -2.27. The first-order valence-corrected chi connectivity index (χ1v) is 12.7. The molecule has 0 radical (unpaired) electrons. The fourth-order valence-electron chi connectivity index (χ4n) is 3.55. The van der Waals surface area contributed by atoms with Gasteiger partial charge in [-0.2, -0.15) is 4.31 Å². The van der Waals surface area contributed by atoms with Gasteiger partial charge in [0.2, 0.25) is 10.0 Å². The Labute approximate surface area is 189 Å². The summed E-state index contributed by atoms with van der Waals surface area (Å²) in [5, 5.41) is 3.10. The van der Waals surface area contributed by atoms with Gasteiger partial charge in [0.25, 0.3) is 5.91 Å². The molecule has 0 unspecified atom stereocenters. The number of hydrogen-bond acceptors (Lipinski definition) is 5. The van der Waals surface area contributed by atoms with Crippen molar-refractivity contribution in [3.8, 4) is 0 Å². The van der Waals surface area contributed by atoms with E-state index in [1.807, 2.05) is 24.3 Å². The van der Waals surface area contributed by atoms with Gasteiger partial charge in [-0.25, -0.2) is 8.42 Å². The molecule has 1 amide bonds. The van der Waals surface area contributed by atoms with Crippen molar-refractivity contribution in [3.63, 3.8) is 0 Å². The average Bonchev–Trinajstić information content (AvgIpc) is 2.74. The van der Waals surface area contributed by atoms with Gasteiger partial charge in [0.15, 0.2) is 0 Å². The standard InChI is InChI=1S/C20H20Cl2N2O4S2/c21-15-12-16(22)19(30(26,27)24-6-8-28-9-7-24)11-14(15)20(25)23-17-5-10-29-18-4-2-1-3-13(17)18/h1-4,11-12,17H,5-10H2,(H,23,25)/t17-/m1/s1. The molecule has 4 rings (SSSR count). The topological polar surface area (TPSA) is 75.7 Å². The third-order valence-corrected chi connectivity index (χ3v) is 8.92. The summed E-state index contributed by atoms with van der Waals surface area (Å²) in [6.07, 6.45) is 0.775. The molecule has 0 aromatic heterocycles. The molecule has 0 bridgehead atoms. The Hall–Kier alpha value is -1.29. The molecule has 2 aliphatic rings. The number of halogens is 2. The van der Waals surface area contributed by atoms with Crippen LogP contribution in [-0.4, -0.2) is 50.7 Å². The first kappa shape index (κ1) is 21.9. The van der Waals surface area contributed by atoms with E-state index in [1.165, 1.54) is 16.4 Å². The number of carbonyl (C=O) groups is 1.